The number of hydrogen-bond donors (Lipinski definition) is 1. The largest absolute Gasteiger partial charge is 0.330 e. The van der Waals surface area contributed by atoms with Crippen molar-refractivity contribution >= 4 is 0 Å². The molecule has 1 saturated carbocycles. The van der Waals surface area contributed by atoms with E-state index in [1.807, 2.05) is 12.5 Å². The predicted molar refractivity (Wildman–Crippen MR) is 52.4 cm³/mol. The molecule has 0 aliphatic heterocycles. The zero-order chi connectivity index (χ0) is 9.26. The second-order valence-electron chi connectivity index (χ2n) is 3.85. The maximum Gasteiger partial charge on any atom is 0.0951 e. The number of nitrogens with zero attached hydrogens (tertiary/aromatic N) is 2. The molecule has 1 aromatic heterocycles. The Morgan fingerprint density at radius 3 is 3.08 bits per heavy atom. The Balaban J connectivity index is 2.03. The molecule has 1 fully saturated rings. The predicted octanol–water partition coefficient (Wildman–Crippen LogP) is 1.57. The molecule has 72 valence electrons. The van der Waals surface area contributed by atoms with E-state index in [1.165, 1.54) is 12.1 Å². The third-order valence-corrected chi connectivity index (χ3v) is 2.73. The van der Waals surface area contributed by atoms with E-state index in [-0.39, 0.29) is 0 Å². The Morgan fingerprint density at radius 2 is 2.46 bits per heavy atom. The van der Waals surface area contributed by atoms with E-state index in [4.69, 9.17) is 0 Å². The van der Waals surface area contributed by atoms with Gasteiger partial charge in [0.25, 0.3) is 0 Å². The number of nitrogens with one attached hydrogen (secondary N) is 1. The molecule has 0 aromatic carbocycles. The molecule has 1 aliphatic rings. The standard InChI is InChI=1S/C10H17N3/c1-3-11-5-9-6-12-7-13(9)10-4-8(10)2/h6-8,10-11H,3-5H2,1-2H3. The average Bonchev–Trinajstić information content (AvgIpc) is 2.66. The summed E-state index contributed by atoms with van der Waals surface area (Å²) >= 11 is 0. The van der Waals surface area contributed by atoms with Gasteiger partial charge in [-0.15, -0.1) is 0 Å². The van der Waals surface area contributed by atoms with Crippen molar-refractivity contribution < 1.29 is 0 Å². The van der Waals surface area contributed by atoms with Gasteiger partial charge in [0.05, 0.1) is 12.0 Å². The first-order chi connectivity index (χ1) is 6.33. The molecule has 0 saturated heterocycles. The monoisotopic (exact) mass is 179 g/mol. The highest BCUT2D eigenvalue weighted by molar-refractivity contribution is 5.04. The van der Waals surface area contributed by atoms with Crippen LogP contribution in [-0.2, 0) is 6.54 Å². The fourth-order valence-electron chi connectivity index (χ4n) is 1.71. The minimum Gasteiger partial charge on any atom is -0.330 e. The third-order valence-electron chi connectivity index (χ3n) is 2.73. The summed E-state index contributed by atoms with van der Waals surface area (Å²) in [6.07, 6.45) is 5.24. The van der Waals surface area contributed by atoms with E-state index >= 15 is 0 Å². The maximum absolute atomic E-state index is 4.19. The van der Waals surface area contributed by atoms with Crippen LogP contribution in [0.1, 0.15) is 32.0 Å². The van der Waals surface area contributed by atoms with Crippen LogP contribution < -0.4 is 5.32 Å². The van der Waals surface area contributed by atoms with Crippen LogP contribution in [0.5, 0.6) is 0 Å². The van der Waals surface area contributed by atoms with Crippen molar-refractivity contribution in [3.8, 4) is 0 Å². The third kappa shape index (κ3) is 1.75. The Morgan fingerprint density at radius 1 is 1.69 bits per heavy atom. The van der Waals surface area contributed by atoms with Crippen LogP contribution >= 0.6 is 0 Å². The quantitative estimate of drug-likeness (QED) is 0.760. The van der Waals surface area contributed by atoms with Crippen molar-refractivity contribution in [3.63, 3.8) is 0 Å². The summed E-state index contributed by atoms with van der Waals surface area (Å²) in [6, 6.07) is 0.719. The molecular weight excluding hydrogens is 162 g/mol. The van der Waals surface area contributed by atoms with Crippen molar-refractivity contribution in [2.24, 2.45) is 5.92 Å². The summed E-state index contributed by atoms with van der Waals surface area (Å²) in [5.41, 5.74) is 1.32. The fourth-order valence-corrected chi connectivity index (χ4v) is 1.71. The molecule has 0 radical (unpaired) electrons. The minimum absolute atomic E-state index is 0.719. The Labute approximate surface area is 79.2 Å². The van der Waals surface area contributed by atoms with Crippen molar-refractivity contribution in [1.29, 1.82) is 0 Å². The van der Waals surface area contributed by atoms with Crippen LogP contribution in [0.2, 0.25) is 0 Å². The number of imidazole rings is 1. The molecule has 1 heterocycles. The second kappa shape index (κ2) is 3.50. The highest BCUT2D eigenvalue weighted by Crippen LogP contribution is 2.43. The Bertz CT molecular complexity index is 279. The molecule has 0 bridgehead atoms. The van der Waals surface area contributed by atoms with Crippen LogP contribution in [0.4, 0.5) is 0 Å². The van der Waals surface area contributed by atoms with Crippen LogP contribution in [0.3, 0.4) is 0 Å². The van der Waals surface area contributed by atoms with Gasteiger partial charge in [0.1, 0.15) is 0 Å². The normalized spacial score (nSPS) is 26.3. The molecule has 1 N–H and O–H groups in total. The van der Waals surface area contributed by atoms with E-state index in [2.05, 4.69) is 28.7 Å². The van der Waals surface area contributed by atoms with Crippen molar-refractivity contribution in [1.82, 2.24) is 14.9 Å². The van der Waals surface area contributed by atoms with E-state index in [0.29, 0.717) is 0 Å². The smallest absolute Gasteiger partial charge is 0.0951 e. The van der Waals surface area contributed by atoms with Crippen LogP contribution in [0.15, 0.2) is 12.5 Å². The van der Waals surface area contributed by atoms with Gasteiger partial charge in [-0.25, -0.2) is 4.98 Å². The molecule has 2 atom stereocenters. The molecule has 13 heavy (non-hydrogen) atoms. The fraction of sp³-hybridized carbons (Fsp3) is 0.700. The molecule has 2 rings (SSSR count). The van der Waals surface area contributed by atoms with Crippen molar-refractivity contribution in [3.05, 3.63) is 18.2 Å². The lowest BCUT2D eigenvalue weighted by molar-refractivity contribution is 0.613. The van der Waals surface area contributed by atoms with Gasteiger partial charge in [-0.1, -0.05) is 13.8 Å². The van der Waals surface area contributed by atoms with E-state index in [0.717, 1.165) is 25.0 Å². The second-order valence-corrected chi connectivity index (χ2v) is 3.85. The van der Waals surface area contributed by atoms with Crippen LogP contribution in [0, 0.1) is 5.92 Å². The Hall–Kier alpha value is -0.830. The van der Waals surface area contributed by atoms with E-state index < -0.39 is 0 Å². The molecule has 1 aromatic rings. The number of rotatable bonds is 4. The lowest BCUT2D eigenvalue weighted by atomic mass is 10.4. The molecule has 0 spiro atoms. The number of hydrogen-bond acceptors (Lipinski definition) is 2. The van der Waals surface area contributed by atoms with Gasteiger partial charge in [-0.05, 0) is 18.9 Å². The molecule has 2 unspecified atom stereocenters. The molecule has 3 nitrogen and oxygen atoms in total. The SMILES string of the molecule is CCNCc1cncn1C1CC1C. The first kappa shape index (κ1) is 8.75. The van der Waals surface area contributed by atoms with E-state index in [1.54, 1.807) is 0 Å². The summed E-state index contributed by atoms with van der Waals surface area (Å²) in [7, 11) is 0. The van der Waals surface area contributed by atoms with Gasteiger partial charge in [0.2, 0.25) is 0 Å². The molecular formula is C10H17N3. The maximum atomic E-state index is 4.19. The summed E-state index contributed by atoms with van der Waals surface area (Å²) in [6.45, 7) is 6.38. The highest BCUT2D eigenvalue weighted by Gasteiger charge is 2.35. The topological polar surface area (TPSA) is 29.9 Å². The zero-order valence-corrected chi connectivity index (χ0v) is 8.33. The van der Waals surface area contributed by atoms with Crippen molar-refractivity contribution in [2.45, 2.75) is 32.9 Å². The first-order valence-electron chi connectivity index (χ1n) is 5.04. The average molecular weight is 179 g/mol. The van der Waals surface area contributed by atoms with Gasteiger partial charge >= 0.3 is 0 Å². The van der Waals surface area contributed by atoms with Crippen LogP contribution in [-0.4, -0.2) is 16.1 Å². The molecule has 0 amide bonds. The zero-order valence-electron chi connectivity index (χ0n) is 8.33. The summed E-state index contributed by atoms with van der Waals surface area (Å²) < 4.78 is 2.31. The van der Waals surface area contributed by atoms with Gasteiger partial charge in [0, 0.05) is 18.8 Å². The Kier molecular flexibility index (Phi) is 2.36. The summed E-state index contributed by atoms with van der Waals surface area (Å²) in [5.74, 6) is 0.842. The first-order valence-corrected chi connectivity index (χ1v) is 5.04. The lowest BCUT2D eigenvalue weighted by Gasteiger charge is -2.06. The molecule has 3 heteroatoms. The number of aromatic nitrogens is 2. The van der Waals surface area contributed by atoms with Crippen molar-refractivity contribution in [2.75, 3.05) is 6.54 Å². The van der Waals surface area contributed by atoms with Gasteiger partial charge in [-0.3, -0.25) is 0 Å². The highest BCUT2D eigenvalue weighted by atomic mass is 15.1. The van der Waals surface area contributed by atoms with Gasteiger partial charge < -0.3 is 9.88 Å². The molecule has 1 aliphatic carbocycles. The van der Waals surface area contributed by atoms with E-state index in [9.17, 15) is 0 Å². The summed E-state index contributed by atoms with van der Waals surface area (Å²) in [4.78, 5) is 4.19. The summed E-state index contributed by atoms with van der Waals surface area (Å²) in [5, 5.41) is 3.33. The van der Waals surface area contributed by atoms with Gasteiger partial charge in [-0.2, -0.15) is 0 Å². The van der Waals surface area contributed by atoms with Crippen LogP contribution in [0.25, 0.3) is 0 Å². The lowest BCUT2D eigenvalue weighted by Crippen LogP contribution is -2.15. The minimum atomic E-state index is 0.719. The van der Waals surface area contributed by atoms with Gasteiger partial charge in [0.15, 0.2) is 0 Å².